The van der Waals surface area contributed by atoms with Crippen molar-refractivity contribution in [1.82, 2.24) is 15.1 Å². The molecular weight excluding hydrogens is 662 g/mol. The van der Waals surface area contributed by atoms with Gasteiger partial charge in [-0.25, -0.2) is 4.39 Å². The van der Waals surface area contributed by atoms with E-state index in [1.165, 1.54) is 18.2 Å². The smallest absolute Gasteiger partial charge is 0.260 e. The predicted octanol–water partition coefficient (Wildman–Crippen LogP) is 4.95. The maximum atomic E-state index is 13.3. The third kappa shape index (κ3) is 8.40. The van der Waals surface area contributed by atoms with Crippen molar-refractivity contribution in [2.24, 2.45) is 0 Å². The van der Waals surface area contributed by atoms with Crippen molar-refractivity contribution in [3.8, 4) is 5.75 Å². The van der Waals surface area contributed by atoms with Crippen LogP contribution in [-0.4, -0.2) is 65.8 Å². The fourth-order valence-electron chi connectivity index (χ4n) is 4.63. The Morgan fingerprint density at radius 1 is 1.02 bits per heavy atom. The molecule has 1 heterocycles. The number of carbonyl (C=O) groups is 3. The van der Waals surface area contributed by atoms with Crippen LogP contribution in [0.25, 0.3) is 0 Å². The lowest BCUT2D eigenvalue weighted by atomic mass is 10.1. The molecule has 3 amide bonds. The molecular formula is C30H31ClFIN4O4. The summed E-state index contributed by atoms with van der Waals surface area (Å²) in [5.41, 5.74) is 1.79. The Morgan fingerprint density at radius 2 is 1.76 bits per heavy atom. The Kier molecular flexibility index (Phi) is 10.6. The van der Waals surface area contributed by atoms with Crippen molar-refractivity contribution in [1.29, 1.82) is 0 Å². The first kappa shape index (κ1) is 30.7. The Morgan fingerprint density at radius 3 is 2.49 bits per heavy atom. The molecule has 4 rings (SSSR count). The normalized spacial score (nSPS) is 17.1. The molecule has 0 saturated carbocycles. The maximum absolute atomic E-state index is 13.3. The third-order valence-electron chi connectivity index (χ3n) is 6.83. The molecule has 3 aromatic carbocycles. The van der Waals surface area contributed by atoms with E-state index in [1.54, 1.807) is 41.3 Å². The van der Waals surface area contributed by atoms with Crippen LogP contribution >= 0.6 is 34.2 Å². The maximum Gasteiger partial charge on any atom is 0.260 e. The van der Waals surface area contributed by atoms with Gasteiger partial charge in [0, 0.05) is 40.3 Å². The molecule has 2 atom stereocenters. The molecule has 2 N–H and O–H groups in total. The zero-order valence-electron chi connectivity index (χ0n) is 22.7. The Bertz CT molecular complexity index is 1410. The second-order valence-electron chi connectivity index (χ2n) is 9.94. The SMILES string of the molecule is C[C@@H]1CN(Cc2ccc(F)cc2)[C@@H](C)CN1C(=O)COc1ccc(Cl)cc1NC(=O)CNC(=O)c1ccccc1I. The van der Waals surface area contributed by atoms with Gasteiger partial charge in [-0.3, -0.25) is 19.3 Å². The highest BCUT2D eigenvalue weighted by atomic mass is 127. The Hall–Kier alpha value is -3.22. The topological polar surface area (TPSA) is 91.0 Å². The number of amides is 3. The van der Waals surface area contributed by atoms with Crippen molar-refractivity contribution < 1.29 is 23.5 Å². The van der Waals surface area contributed by atoms with Gasteiger partial charge in [0.05, 0.1) is 17.8 Å². The summed E-state index contributed by atoms with van der Waals surface area (Å²) in [6.07, 6.45) is 0. The largest absolute Gasteiger partial charge is 0.482 e. The van der Waals surface area contributed by atoms with E-state index in [4.69, 9.17) is 16.3 Å². The summed E-state index contributed by atoms with van der Waals surface area (Å²) in [5.74, 6) is -0.987. The molecule has 0 aromatic heterocycles. The van der Waals surface area contributed by atoms with E-state index in [0.29, 0.717) is 35.9 Å². The van der Waals surface area contributed by atoms with E-state index in [1.807, 2.05) is 19.1 Å². The van der Waals surface area contributed by atoms with Crippen LogP contribution in [0.4, 0.5) is 10.1 Å². The van der Waals surface area contributed by atoms with Crippen LogP contribution in [0.5, 0.6) is 5.75 Å². The summed E-state index contributed by atoms with van der Waals surface area (Å²) < 4.78 is 19.9. The summed E-state index contributed by atoms with van der Waals surface area (Å²) >= 11 is 8.21. The van der Waals surface area contributed by atoms with Crippen molar-refractivity contribution in [2.75, 3.05) is 31.6 Å². The molecule has 216 valence electrons. The summed E-state index contributed by atoms with van der Waals surface area (Å²) in [6.45, 7) is 5.42. The summed E-state index contributed by atoms with van der Waals surface area (Å²) in [4.78, 5) is 42.3. The molecule has 11 heteroatoms. The summed E-state index contributed by atoms with van der Waals surface area (Å²) in [5, 5.41) is 5.69. The Labute approximate surface area is 257 Å². The molecule has 41 heavy (non-hydrogen) atoms. The lowest BCUT2D eigenvalue weighted by Crippen LogP contribution is -2.58. The van der Waals surface area contributed by atoms with Crippen molar-refractivity contribution in [3.63, 3.8) is 0 Å². The van der Waals surface area contributed by atoms with Crippen LogP contribution in [0, 0.1) is 9.39 Å². The molecule has 1 saturated heterocycles. The van der Waals surface area contributed by atoms with Gasteiger partial charge in [-0.05, 0) is 84.5 Å². The molecule has 8 nitrogen and oxygen atoms in total. The van der Waals surface area contributed by atoms with Gasteiger partial charge in [0.2, 0.25) is 5.91 Å². The van der Waals surface area contributed by atoms with Gasteiger partial charge in [0.15, 0.2) is 6.61 Å². The van der Waals surface area contributed by atoms with Crippen LogP contribution in [-0.2, 0) is 16.1 Å². The van der Waals surface area contributed by atoms with E-state index in [2.05, 4.69) is 45.0 Å². The van der Waals surface area contributed by atoms with Gasteiger partial charge >= 0.3 is 0 Å². The minimum absolute atomic E-state index is 0.0524. The highest BCUT2D eigenvalue weighted by Crippen LogP contribution is 2.28. The third-order valence-corrected chi connectivity index (χ3v) is 8.00. The molecule has 1 aliphatic heterocycles. The number of hydrogen-bond donors (Lipinski definition) is 2. The van der Waals surface area contributed by atoms with Crippen molar-refractivity contribution in [3.05, 3.63) is 92.3 Å². The summed E-state index contributed by atoms with van der Waals surface area (Å²) in [6, 6.07) is 18.3. The average Bonchev–Trinajstić information content (AvgIpc) is 2.94. The zero-order chi connectivity index (χ0) is 29.5. The van der Waals surface area contributed by atoms with E-state index >= 15 is 0 Å². The second-order valence-corrected chi connectivity index (χ2v) is 11.5. The lowest BCUT2D eigenvalue weighted by molar-refractivity contribution is -0.139. The van der Waals surface area contributed by atoms with E-state index < -0.39 is 5.91 Å². The predicted molar refractivity (Wildman–Crippen MR) is 165 cm³/mol. The van der Waals surface area contributed by atoms with Crippen LogP contribution < -0.4 is 15.4 Å². The average molecular weight is 693 g/mol. The number of carbonyl (C=O) groups excluding carboxylic acids is 3. The number of nitrogens with zero attached hydrogens (tertiary/aromatic N) is 2. The highest BCUT2D eigenvalue weighted by Gasteiger charge is 2.32. The molecule has 1 aliphatic rings. The van der Waals surface area contributed by atoms with Crippen LogP contribution in [0.2, 0.25) is 5.02 Å². The quantitative estimate of drug-likeness (QED) is 0.310. The number of halogens is 3. The first-order valence-electron chi connectivity index (χ1n) is 13.1. The minimum atomic E-state index is -0.470. The van der Waals surface area contributed by atoms with E-state index in [9.17, 15) is 18.8 Å². The summed E-state index contributed by atoms with van der Waals surface area (Å²) in [7, 11) is 0. The van der Waals surface area contributed by atoms with Gasteiger partial charge < -0.3 is 20.3 Å². The molecule has 0 bridgehead atoms. The van der Waals surface area contributed by atoms with Gasteiger partial charge in [-0.2, -0.15) is 0 Å². The molecule has 0 spiro atoms. The number of benzene rings is 3. The fraction of sp³-hybridized carbons (Fsp3) is 0.300. The lowest BCUT2D eigenvalue weighted by Gasteiger charge is -2.44. The van der Waals surface area contributed by atoms with Crippen molar-refractivity contribution in [2.45, 2.75) is 32.5 Å². The number of piperazine rings is 1. The molecule has 0 radical (unpaired) electrons. The van der Waals surface area contributed by atoms with Gasteiger partial charge in [-0.15, -0.1) is 0 Å². The number of hydrogen-bond acceptors (Lipinski definition) is 5. The van der Waals surface area contributed by atoms with Crippen LogP contribution in [0.15, 0.2) is 66.7 Å². The van der Waals surface area contributed by atoms with Gasteiger partial charge in [0.1, 0.15) is 11.6 Å². The van der Waals surface area contributed by atoms with Crippen LogP contribution in [0.3, 0.4) is 0 Å². The van der Waals surface area contributed by atoms with Crippen molar-refractivity contribution >= 4 is 57.6 Å². The molecule has 0 aliphatic carbocycles. The standard InChI is InChI=1S/C30H31ClFIN4O4/c1-19-16-37(20(2)15-36(19)17-21-7-10-23(32)11-8-21)29(39)18-41-27-12-9-22(31)13-26(27)35-28(38)14-34-30(40)24-5-3-4-6-25(24)33/h3-13,19-20H,14-18H2,1-2H3,(H,34,40)(H,35,38)/t19-,20+/m0/s1. The Balaban J connectivity index is 1.31. The first-order valence-corrected chi connectivity index (χ1v) is 14.6. The number of nitrogens with one attached hydrogen (secondary N) is 2. The molecule has 0 unspecified atom stereocenters. The number of ether oxygens (including phenoxy) is 1. The zero-order valence-corrected chi connectivity index (χ0v) is 25.6. The fourth-order valence-corrected chi connectivity index (χ4v) is 5.44. The van der Waals surface area contributed by atoms with Gasteiger partial charge in [-0.1, -0.05) is 35.9 Å². The highest BCUT2D eigenvalue weighted by molar-refractivity contribution is 14.1. The molecule has 3 aromatic rings. The monoisotopic (exact) mass is 692 g/mol. The first-order chi connectivity index (χ1) is 19.6. The molecule has 1 fully saturated rings. The van der Waals surface area contributed by atoms with Crippen LogP contribution in [0.1, 0.15) is 29.8 Å². The van der Waals surface area contributed by atoms with Gasteiger partial charge in [0.25, 0.3) is 11.8 Å². The van der Waals surface area contributed by atoms with E-state index in [-0.39, 0.29) is 48.6 Å². The van der Waals surface area contributed by atoms with E-state index in [0.717, 1.165) is 9.13 Å². The minimum Gasteiger partial charge on any atom is -0.482 e. The number of rotatable bonds is 9. The second kappa shape index (κ2) is 14.1. The number of anilines is 1.